The highest BCUT2D eigenvalue weighted by Crippen LogP contribution is 2.27. The van der Waals surface area contributed by atoms with E-state index in [9.17, 15) is 0 Å². The van der Waals surface area contributed by atoms with Crippen molar-refractivity contribution in [2.45, 2.75) is 36.7 Å². The highest BCUT2D eigenvalue weighted by atomic mass is 32.2. The molecule has 1 aliphatic heterocycles. The first-order valence-electron chi connectivity index (χ1n) is 8.95. The topological polar surface area (TPSA) is 37.2 Å². The minimum atomic E-state index is 0.479. The molecule has 1 saturated heterocycles. The third-order valence-electron chi connectivity index (χ3n) is 4.89. The minimum Gasteiger partial charge on any atom is -0.317 e. The molecule has 0 amide bonds. The fourth-order valence-electron chi connectivity index (χ4n) is 3.55. The van der Waals surface area contributed by atoms with Crippen LogP contribution in [-0.4, -0.2) is 58.0 Å². The fourth-order valence-corrected chi connectivity index (χ4v) is 3.96. The Morgan fingerprint density at radius 2 is 1.96 bits per heavy atom. The van der Waals surface area contributed by atoms with Crippen molar-refractivity contribution in [1.29, 1.82) is 0 Å². The van der Waals surface area contributed by atoms with E-state index in [0.717, 1.165) is 31.3 Å². The van der Waals surface area contributed by atoms with Crippen LogP contribution in [0.3, 0.4) is 0 Å². The first-order valence-corrected chi connectivity index (χ1v) is 10.2. The van der Waals surface area contributed by atoms with Gasteiger partial charge < -0.3 is 9.47 Å². The number of likely N-dealkylation sites (tertiary alicyclic amines) is 1. The van der Waals surface area contributed by atoms with Crippen molar-refractivity contribution in [3.05, 3.63) is 41.5 Å². The van der Waals surface area contributed by atoms with Gasteiger partial charge in [-0.25, -0.2) is 0 Å². The van der Waals surface area contributed by atoms with Gasteiger partial charge in [0.05, 0.1) is 6.54 Å². The molecule has 2 heterocycles. The summed E-state index contributed by atoms with van der Waals surface area (Å²) in [6.07, 6.45) is 4.55. The molecule has 6 heteroatoms. The zero-order valence-electron chi connectivity index (χ0n) is 15.8. The summed E-state index contributed by atoms with van der Waals surface area (Å²) in [5.41, 5.74) is 1.39. The molecular weight excluding hydrogens is 330 g/mol. The van der Waals surface area contributed by atoms with Crippen LogP contribution in [0.1, 0.15) is 36.0 Å². The predicted molar refractivity (Wildman–Crippen MR) is 104 cm³/mol. The van der Waals surface area contributed by atoms with Gasteiger partial charge in [0.1, 0.15) is 11.6 Å². The summed E-state index contributed by atoms with van der Waals surface area (Å²) in [5, 5.41) is 8.92. The van der Waals surface area contributed by atoms with Crippen LogP contribution in [0, 0.1) is 0 Å². The van der Waals surface area contributed by atoms with E-state index in [-0.39, 0.29) is 0 Å². The Labute approximate surface area is 155 Å². The lowest BCUT2D eigenvalue weighted by atomic mass is 9.96. The molecule has 0 spiro atoms. The van der Waals surface area contributed by atoms with Gasteiger partial charge in [-0.1, -0.05) is 12.1 Å². The molecule has 136 valence electrons. The average molecular weight is 360 g/mol. The van der Waals surface area contributed by atoms with Crippen molar-refractivity contribution in [3.63, 3.8) is 0 Å². The maximum atomic E-state index is 4.51. The third kappa shape index (κ3) is 4.63. The second kappa shape index (κ2) is 8.34. The van der Waals surface area contributed by atoms with Crippen LogP contribution in [0.5, 0.6) is 0 Å². The van der Waals surface area contributed by atoms with Crippen LogP contribution >= 0.6 is 11.8 Å². The maximum absolute atomic E-state index is 4.51. The van der Waals surface area contributed by atoms with E-state index in [0.29, 0.717) is 5.92 Å². The predicted octanol–water partition coefficient (Wildman–Crippen LogP) is 2.98. The summed E-state index contributed by atoms with van der Waals surface area (Å²) in [4.78, 5) is 6.02. The molecular formula is C19H29N5S. The van der Waals surface area contributed by atoms with Crippen molar-refractivity contribution in [3.8, 4) is 0 Å². The molecule has 25 heavy (non-hydrogen) atoms. The maximum Gasteiger partial charge on any atom is 0.146 e. The van der Waals surface area contributed by atoms with Gasteiger partial charge in [0.2, 0.25) is 0 Å². The molecule has 1 atom stereocenters. The van der Waals surface area contributed by atoms with Gasteiger partial charge in [-0.05, 0) is 57.4 Å². The van der Waals surface area contributed by atoms with Crippen molar-refractivity contribution in [2.75, 3.05) is 33.4 Å². The molecule has 2 aromatic rings. The van der Waals surface area contributed by atoms with E-state index in [4.69, 9.17) is 0 Å². The van der Waals surface area contributed by atoms with Crippen molar-refractivity contribution in [1.82, 2.24) is 24.6 Å². The Bertz CT molecular complexity index is 680. The lowest BCUT2D eigenvalue weighted by Crippen LogP contribution is -2.34. The van der Waals surface area contributed by atoms with Gasteiger partial charge >= 0.3 is 0 Å². The Kier molecular flexibility index (Phi) is 6.15. The molecule has 3 rings (SSSR count). The van der Waals surface area contributed by atoms with Crippen LogP contribution in [0.25, 0.3) is 0 Å². The number of benzene rings is 1. The van der Waals surface area contributed by atoms with Gasteiger partial charge in [-0.15, -0.1) is 22.0 Å². The first kappa shape index (κ1) is 18.4. The number of piperidine rings is 1. The Hall–Kier alpha value is -1.37. The summed E-state index contributed by atoms with van der Waals surface area (Å²) in [6.45, 7) is 4.09. The van der Waals surface area contributed by atoms with Gasteiger partial charge in [-0.3, -0.25) is 4.90 Å². The van der Waals surface area contributed by atoms with Gasteiger partial charge in [0.15, 0.2) is 0 Å². The smallest absolute Gasteiger partial charge is 0.146 e. The molecule has 1 aromatic heterocycles. The quantitative estimate of drug-likeness (QED) is 0.741. The summed E-state index contributed by atoms with van der Waals surface area (Å²) < 4.78 is 2.20. The second-order valence-electron chi connectivity index (χ2n) is 7.19. The van der Waals surface area contributed by atoms with E-state index in [1.54, 1.807) is 11.8 Å². The van der Waals surface area contributed by atoms with Gasteiger partial charge in [0.25, 0.3) is 0 Å². The van der Waals surface area contributed by atoms with Crippen LogP contribution in [0.15, 0.2) is 29.2 Å². The monoisotopic (exact) mass is 359 g/mol. The normalized spacial score (nSPS) is 18.8. The fraction of sp³-hybridized carbons (Fsp3) is 0.579. The lowest BCUT2D eigenvalue weighted by molar-refractivity contribution is 0.195. The molecule has 0 saturated carbocycles. The summed E-state index contributed by atoms with van der Waals surface area (Å²) in [6, 6.07) is 8.95. The van der Waals surface area contributed by atoms with Crippen LogP contribution in [-0.2, 0) is 20.1 Å². The first-order chi connectivity index (χ1) is 12.1. The highest BCUT2D eigenvalue weighted by Gasteiger charge is 2.26. The van der Waals surface area contributed by atoms with E-state index in [2.05, 4.69) is 76.2 Å². The standard InChI is InChI=1S/C19H29N5S/c1-22(2)14-18-20-21-19(23(18)3)16-6-5-11-24(13-16)12-15-7-9-17(25-4)10-8-15/h7-10,16H,5-6,11-14H2,1-4H3. The van der Waals surface area contributed by atoms with Crippen LogP contribution < -0.4 is 0 Å². The van der Waals surface area contributed by atoms with Crippen molar-refractivity contribution >= 4 is 11.8 Å². The Morgan fingerprint density at radius 3 is 2.64 bits per heavy atom. The summed E-state index contributed by atoms with van der Waals surface area (Å²) in [7, 11) is 6.24. The number of hydrogen-bond donors (Lipinski definition) is 0. The Balaban J connectivity index is 1.65. The highest BCUT2D eigenvalue weighted by molar-refractivity contribution is 7.98. The van der Waals surface area contributed by atoms with E-state index < -0.39 is 0 Å². The van der Waals surface area contributed by atoms with E-state index in [1.807, 2.05) is 0 Å². The SMILES string of the molecule is CSc1ccc(CN2CCCC(c3nnc(CN(C)C)n3C)C2)cc1. The second-order valence-corrected chi connectivity index (χ2v) is 8.07. The average Bonchev–Trinajstić information content (AvgIpc) is 2.96. The number of rotatable bonds is 6. The molecule has 1 aliphatic rings. The minimum absolute atomic E-state index is 0.479. The molecule has 0 N–H and O–H groups in total. The molecule has 0 aliphatic carbocycles. The molecule has 5 nitrogen and oxygen atoms in total. The Morgan fingerprint density at radius 1 is 1.20 bits per heavy atom. The van der Waals surface area contributed by atoms with Crippen LogP contribution in [0.2, 0.25) is 0 Å². The van der Waals surface area contributed by atoms with Crippen molar-refractivity contribution < 1.29 is 0 Å². The summed E-state index contributed by atoms with van der Waals surface area (Å²) in [5.74, 6) is 2.66. The van der Waals surface area contributed by atoms with Crippen LogP contribution in [0.4, 0.5) is 0 Å². The van der Waals surface area contributed by atoms with E-state index >= 15 is 0 Å². The number of hydrogen-bond acceptors (Lipinski definition) is 5. The molecule has 0 bridgehead atoms. The van der Waals surface area contributed by atoms with Gasteiger partial charge in [-0.2, -0.15) is 0 Å². The molecule has 1 aromatic carbocycles. The van der Waals surface area contributed by atoms with Gasteiger partial charge in [0, 0.05) is 31.0 Å². The largest absolute Gasteiger partial charge is 0.317 e. The van der Waals surface area contributed by atoms with E-state index in [1.165, 1.54) is 29.8 Å². The molecule has 1 fully saturated rings. The summed E-state index contributed by atoms with van der Waals surface area (Å²) >= 11 is 1.79. The number of thioether (sulfide) groups is 1. The number of aromatic nitrogens is 3. The molecule has 0 radical (unpaired) electrons. The molecule has 1 unspecified atom stereocenters. The zero-order valence-corrected chi connectivity index (χ0v) is 16.6. The number of nitrogens with zero attached hydrogens (tertiary/aromatic N) is 5. The van der Waals surface area contributed by atoms with Crippen molar-refractivity contribution in [2.24, 2.45) is 7.05 Å². The zero-order chi connectivity index (χ0) is 17.8. The lowest BCUT2D eigenvalue weighted by Gasteiger charge is -2.32. The third-order valence-corrected chi connectivity index (χ3v) is 5.64.